The molecule has 0 aliphatic carbocycles. The van der Waals surface area contributed by atoms with Gasteiger partial charge in [-0.2, -0.15) is 5.26 Å². The fraction of sp³-hybridized carbons (Fsp3) is 0.556. The highest BCUT2D eigenvalue weighted by molar-refractivity contribution is 5.94. The molecule has 0 spiro atoms. The van der Waals surface area contributed by atoms with Gasteiger partial charge in [-0.15, -0.1) is 0 Å². The SMILES string of the molecule is CCC(CC)N(C(=O)CC(C)(C)C)c1cccc(C#N)c1. The molecule has 114 valence electrons. The number of rotatable bonds is 5. The number of benzene rings is 1. The molecule has 21 heavy (non-hydrogen) atoms. The van der Waals surface area contributed by atoms with Gasteiger partial charge in [-0.1, -0.05) is 40.7 Å². The molecule has 1 amide bonds. The van der Waals surface area contributed by atoms with Crippen LogP contribution >= 0.6 is 0 Å². The summed E-state index contributed by atoms with van der Waals surface area (Å²) in [6, 6.07) is 9.65. The summed E-state index contributed by atoms with van der Waals surface area (Å²) in [7, 11) is 0. The number of nitrogens with zero attached hydrogens (tertiary/aromatic N) is 2. The summed E-state index contributed by atoms with van der Waals surface area (Å²) in [5.41, 5.74) is 1.37. The molecule has 0 saturated heterocycles. The maximum absolute atomic E-state index is 12.8. The molecule has 0 bridgehead atoms. The minimum atomic E-state index is -0.0474. The summed E-state index contributed by atoms with van der Waals surface area (Å²) >= 11 is 0. The molecule has 0 radical (unpaired) electrons. The van der Waals surface area contributed by atoms with Crippen LogP contribution in [0.5, 0.6) is 0 Å². The predicted molar refractivity (Wildman–Crippen MR) is 87.1 cm³/mol. The zero-order valence-corrected chi connectivity index (χ0v) is 13.8. The maximum Gasteiger partial charge on any atom is 0.227 e. The number of carbonyl (C=O) groups is 1. The van der Waals surface area contributed by atoms with E-state index in [1.165, 1.54) is 0 Å². The van der Waals surface area contributed by atoms with Crippen molar-refractivity contribution in [3.05, 3.63) is 29.8 Å². The molecule has 0 atom stereocenters. The Labute approximate surface area is 128 Å². The highest BCUT2D eigenvalue weighted by Gasteiger charge is 2.26. The summed E-state index contributed by atoms with van der Waals surface area (Å²) < 4.78 is 0. The second-order valence-electron chi connectivity index (χ2n) is 6.63. The normalized spacial score (nSPS) is 11.3. The van der Waals surface area contributed by atoms with Gasteiger partial charge in [0.25, 0.3) is 0 Å². The van der Waals surface area contributed by atoms with Crippen molar-refractivity contribution in [1.82, 2.24) is 0 Å². The minimum Gasteiger partial charge on any atom is -0.309 e. The highest BCUT2D eigenvalue weighted by atomic mass is 16.2. The summed E-state index contributed by atoms with van der Waals surface area (Å²) in [5, 5.41) is 9.07. The van der Waals surface area contributed by atoms with Crippen LogP contribution in [-0.4, -0.2) is 11.9 Å². The van der Waals surface area contributed by atoms with Crippen LogP contribution in [0.2, 0.25) is 0 Å². The molecule has 0 aliphatic rings. The van der Waals surface area contributed by atoms with Crippen LogP contribution in [0.25, 0.3) is 0 Å². The number of hydrogen-bond donors (Lipinski definition) is 0. The summed E-state index contributed by atoms with van der Waals surface area (Å²) in [6.45, 7) is 10.4. The predicted octanol–water partition coefficient (Wildman–Crippen LogP) is 4.52. The molecule has 3 nitrogen and oxygen atoms in total. The van der Waals surface area contributed by atoms with Crippen LogP contribution in [-0.2, 0) is 4.79 Å². The van der Waals surface area contributed by atoms with E-state index in [0.717, 1.165) is 18.5 Å². The molecule has 0 aromatic heterocycles. The highest BCUT2D eigenvalue weighted by Crippen LogP contribution is 2.27. The molecule has 1 rings (SSSR count). The van der Waals surface area contributed by atoms with Crippen molar-refractivity contribution in [1.29, 1.82) is 5.26 Å². The molecule has 1 aromatic carbocycles. The molecule has 0 N–H and O–H groups in total. The second kappa shape index (κ2) is 7.26. The third-order valence-electron chi connectivity index (χ3n) is 3.51. The van der Waals surface area contributed by atoms with Gasteiger partial charge in [-0.05, 0) is 36.5 Å². The van der Waals surface area contributed by atoms with Crippen LogP contribution in [0, 0.1) is 16.7 Å². The van der Waals surface area contributed by atoms with Gasteiger partial charge >= 0.3 is 0 Å². The topological polar surface area (TPSA) is 44.1 Å². The lowest BCUT2D eigenvalue weighted by Crippen LogP contribution is -2.41. The Kier molecular flexibility index (Phi) is 5.96. The lowest BCUT2D eigenvalue weighted by molar-refractivity contribution is -0.120. The van der Waals surface area contributed by atoms with Crippen molar-refractivity contribution in [2.24, 2.45) is 5.41 Å². The van der Waals surface area contributed by atoms with Crippen molar-refractivity contribution >= 4 is 11.6 Å². The quantitative estimate of drug-likeness (QED) is 0.799. The summed E-state index contributed by atoms with van der Waals surface area (Å²) in [4.78, 5) is 14.6. The first-order chi connectivity index (χ1) is 9.82. The fourth-order valence-corrected chi connectivity index (χ4v) is 2.48. The number of nitriles is 1. The first-order valence-corrected chi connectivity index (χ1v) is 7.64. The smallest absolute Gasteiger partial charge is 0.227 e. The zero-order chi connectivity index (χ0) is 16.0. The van der Waals surface area contributed by atoms with E-state index in [1.807, 2.05) is 17.0 Å². The zero-order valence-electron chi connectivity index (χ0n) is 13.8. The molecule has 0 fully saturated rings. The van der Waals surface area contributed by atoms with Gasteiger partial charge in [-0.25, -0.2) is 0 Å². The van der Waals surface area contributed by atoms with E-state index in [2.05, 4.69) is 40.7 Å². The van der Waals surface area contributed by atoms with Gasteiger partial charge in [-0.3, -0.25) is 4.79 Å². The van der Waals surface area contributed by atoms with Crippen LogP contribution in [0.1, 0.15) is 59.4 Å². The monoisotopic (exact) mass is 286 g/mol. The van der Waals surface area contributed by atoms with Crippen molar-refractivity contribution in [3.8, 4) is 6.07 Å². The number of anilines is 1. The average molecular weight is 286 g/mol. The second-order valence-corrected chi connectivity index (χ2v) is 6.63. The number of amides is 1. The largest absolute Gasteiger partial charge is 0.309 e. The molecular weight excluding hydrogens is 260 g/mol. The first kappa shape index (κ1) is 17.2. The van der Waals surface area contributed by atoms with Crippen LogP contribution in [0.3, 0.4) is 0 Å². The van der Waals surface area contributed by atoms with Gasteiger partial charge in [0.1, 0.15) is 0 Å². The molecule has 0 heterocycles. The Bertz CT molecular complexity index is 519. The lowest BCUT2D eigenvalue weighted by Gasteiger charge is -2.33. The third kappa shape index (κ3) is 4.90. The van der Waals surface area contributed by atoms with Crippen LogP contribution in [0.15, 0.2) is 24.3 Å². The lowest BCUT2D eigenvalue weighted by atomic mass is 9.91. The Morgan fingerprint density at radius 2 is 1.90 bits per heavy atom. The van der Waals surface area contributed by atoms with Crippen molar-refractivity contribution in [3.63, 3.8) is 0 Å². The van der Waals surface area contributed by atoms with Crippen LogP contribution in [0.4, 0.5) is 5.69 Å². The number of hydrogen-bond acceptors (Lipinski definition) is 2. The van der Waals surface area contributed by atoms with E-state index in [9.17, 15) is 4.79 Å². The van der Waals surface area contributed by atoms with E-state index in [-0.39, 0.29) is 17.4 Å². The standard InChI is InChI=1S/C18H26N2O/c1-6-15(7-2)20(17(21)12-18(3,4)5)16-10-8-9-14(11-16)13-19/h8-11,15H,6-7,12H2,1-5H3. The minimum absolute atomic E-state index is 0.0474. The van der Waals surface area contributed by atoms with Crippen molar-refractivity contribution in [2.75, 3.05) is 4.90 Å². The Morgan fingerprint density at radius 1 is 1.29 bits per heavy atom. The Morgan fingerprint density at radius 3 is 2.38 bits per heavy atom. The molecule has 0 saturated carbocycles. The molecule has 0 unspecified atom stereocenters. The van der Waals surface area contributed by atoms with Gasteiger partial charge in [0.05, 0.1) is 11.6 Å². The molecule has 1 aromatic rings. The Balaban J connectivity index is 3.19. The van der Waals surface area contributed by atoms with E-state index < -0.39 is 0 Å². The summed E-state index contributed by atoms with van der Waals surface area (Å²) in [6.07, 6.45) is 2.31. The van der Waals surface area contributed by atoms with Crippen molar-refractivity contribution < 1.29 is 4.79 Å². The molecule has 0 aliphatic heterocycles. The van der Waals surface area contributed by atoms with Gasteiger partial charge in [0, 0.05) is 18.2 Å². The van der Waals surface area contributed by atoms with E-state index in [0.29, 0.717) is 12.0 Å². The van der Waals surface area contributed by atoms with Gasteiger partial charge in [0.15, 0.2) is 0 Å². The van der Waals surface area contributed by atoms with E-state index in [1.54, 1.807) is 12.1 Å². The van der Waals surface area contributed by atoms with Crippen molar-refractivity contribution in [2.45, 2.75) is 59.9 Å². The van der Waals surface area contributed by atoms with E-state index >= 15 is 0 Å². The maximum atomic E-state index is 12.8. The first-order valence-electron chi connectivity index (χ1n) is 7.64. The summed E-state index contributed by atoms with van der Waals surface area (Å²) in [5.74, 6) is 0.131. The average Bonchev–Trinajstić information content (AvgIpc) is 2.42. The Hall–Kier alpha value is -1.82. The molecular formula is C18H26N2O. The van der Waals surface area contributed by atoms with Gasteiger partial charge in [0.2, 0.25) is 5.91 Å². The molecule has 3 heteroatoms. The fourth-order valence-electron chi connectivity index (χ4n) is 2.48. The van der Waals surface area contributed by atoms with Crippen LogP contribution < -0.4 is 4.90 Å². The van der Waals surface area contributed by atoms with Gasteiger partial charge < -0.3 is 4.90 Å². The third-order valence-corrected chi connectivity index (χ3v) is 3.51. The van der Waals surface area contributed by atoms with E-state index in [4.69, 9.17) is 5.26 Å². The number of carbonyl (C=O) groups excluding carboxylic acids is 1.